The van der Waals surface area contributed by atoms with Crippen LogP contribution >= 0.6 is 0 Å². The maximum atomic E-state index is 4.52. The first-order chi connectivity index (χ1) is 10.8. The SMILES string of the molecule is CC.CN(c1ncnc2[nH]ccc12)C1CC2CCNCC2C1. The molecule has 0 amide bonds. The summed E-state index contributed by atoms with van der Waals surface area (Å²) < 4.78 is 0. The summed E-state index contributed by atoms with van der Waals surface area (Å²) >= 11 is 0. The zero-order valence-electron chi connectivity index (χ0n) is 13.8. The Morgan fingerprint density at radius 2 is 2.00 bits per heavy atom. The quantitative estimate of drug-likeness (QED) is 0.895. The molecule has 1 aliphatic heterocycles. The van der Waals surface area contributed by atoms with Gasteiger partial charge in [-0.3, -0.25) is 0 Å². The average Bonchev–Trinajstić information content (AvgIpc) is 3.22. The fraction of sp³-hybridized carbons (Fsp3) is 0.647. The molecule has 0 radical (unpaired) electrons. The Kier molecular flexibility index (Phi) is 4.62. The second-order valence-corrected chi connectivity index (χ2v) is 6.19. The monoisotopic (exact) mass is 301 g/mol. The molecule has 0 spiro atoms. The van der Waals surface area contributed by atoms with E-state index in [0.717, 1.165) is 28.7 Å². The highest BCUT2D eigenvalue weighted by Crippen LogP contribution is 2.39. The number of rotatable bonds is 2. The summed E-state index contributed by atoms with van der Waals surface area (Å²) in [5, 5.41) is 4.66. The van der Waals surface area contributed by atoms with Gasteiger partial charge in [-0.2, -0.15) is 0 Å². The van der Waals surface area contributed by atoms with Crippen LogP contribution in [0, 0.1) is 11.8 Å². The van der Waals surface area contributed by atoms with E-state index in [0.29, 0.717) is 6.04 Å². The molecule has 2 fully saturated rings. The molecule has 120 valence electrons. The summed E-state index contributed by atoms with van der Waals surface area (Å²) in [6.07, 6.45) is 7.52. The second kappa shape index (κ2) is 6.65. The van der Waals surface area contributed by atoms with Gasteiger partial charge in [0.25, 0.3) is 0 Å². The van der Waals surface area contributed by atoms with Crippen LogP contribution in [0.1, 0.15) is 33.1 Å². The van der Waals surface area contributed by atoms with Gasteiger partial charge in [0.05, 0.1) is 5.39 Å². The van der Waals surface area contributed by atoms with Crippen LogP contribution in [0.2, 0.25) is 0 Å². The van der Waals surface area contributed by atoms with Crippen LogP contribution in [0.5, 0.6) is 0 Å². The van der Waals surface area contributed by atoms with E-state index >= 15 is 0 Å². The van der Waals surface area contributed by atoms with E-state index in [1.807, 2.05) is 20.0 Å². The van der Waals surface area contributed by atoms with E-state index in [4.69, 9.17) is 0 Å². The minimum atomic E-state index is 0.609. The average molecular weight is 301 g/mol. The number of aromatic amines is 1. The van der Waals surface area contributed by atoms with Crippen molar-refractivity contribution in [1.82, 2.24) is 20.3 Å². The third-order valence-corrected chi connectivity index (χ3v) is 5.13. The van der Waals surface area contributed by atoms with Gasteiger partial charge in [-0.15, -0.1) is 0 Å². The molecule has 4 rings (SSSR count). The molecule has 1 aliphatic carbocycles. The molecule has 5 heteroatoms. The van der Waals surface area contributed by atoms with Gasteiger partial charge < -0.3 is 15.2 Å². The van der Waals surface area contributed by atoms with Crippen LogP contribution < -0.4 is 10.2 Å². The zero-order chi connectivity index (χ0) is 15.5. The number of H-pyrrole nitrogens is 1. The molecule has 1 saturated carbocycles. The molecule has 3 heterocycles. The molecule has 22 heavy (non-hydrogen) atoms. The first kappa shape index (κ1) is 15.3. The number of hydrogen-bond donors (Lipinski definition) is 2. The van der Waals surface area contributed by atoms with Crippen molar-refractivity contribution in [1.29, 1.82) is 0 Å². The van der Waals surface area contributed by atoms with E-state index in [1.165, 1.54) is 32.4 Å². The van der Waals surface area contributed by atoms with Crippen molar-refractivity contribution in [3.8, 4) is 0 Å². The Balaban J connectivity index is 0.000000693. The predicted molar refractivity (Wildman–Crippen MR) is 91.1 cm³/mol. The minimum Gasteiger partial charge on any atom is -0.356 e. The zero-order valence-corrected chi connectivity index (χ0v) is 13.8. The highest BCUT2D eigenvalue weighted by molar-refractivity contribution is 5.87. The molecule has 2 aromatic rings. The number of nitrogens with zero attached hydrogens (tertiary/aromatic N) is 3. The predicted octanol–water partition coefficient (Wildman–Crippen LogP) is 2.81. The van der Waals surface area contributed by atoms with Crippen molar-refractivity contribution < 1.29 is 0 Å². The van der Waals surface area contributed by atoms with Crippen LogP contribution in [0.15, 0.2) is 18.6 Å². The fourth-order valence-corrected chi connectivity index (χ4v) is 3.99. The third-order valence-electron chi connectivity index (χ3n) is 5.13. The summed E-state index contributed by atoms with van der Waals surface area (Å²) in [6, 6.07) is 2.68. The van der Waals surface area contributed by atoms with E-state index in [2.05, 4.69) is 38.3 Å². The summed E-state index contributed by atoms with van der Waals surface area (Å²) in [5.41, 5.74) is 0.930. The lowest BCUT2D eigenvalue weighted by Crippen LogP contribution is -2.33. The molecule has 0 aromatic carbocycles. The van der Waals surface area contributed by atoms with Gasteiger partial charge in [0.15, 0.2) is 0 Å². The normalized spacial score (nSPS) is 27.1. The molecule has 2 N–H and O–H groups in total. The van der Waals surface area contributed by atoms with E-state index in [9.17, 15) is 0 Å². The van der Waals surface area contributed by atoms with E-state index < -0.39 is 0 Å². The molecule has 0 bridgehead atoms. The van der Waals surface area contributed by atoms with Crippen molar-refractivity contribution in [2.24, 2.45) is 11.8 Å². The van der Waals surface area contributed by atoms with E-state index in [-0.39, 0.29) is 0 Å². The number of piperidine rings is 1. The minimum absolute atomic E-state index is 0.609. The number of nitrogens with one attached hydrogen (secondary N) is 2. The van der Waals surface area contributed by atoms with E-state index in [1.54, 1.807) is 6.33 Å². The van der Waals surface area contributed by atoms with Crippen LogP contribution in [0.25, 0.3) is 11.0 Å². The van der Waals surface area contributed by atoms with Crippen LogP contribution in [0.3, 0.4) is 0 Å². The Labute approximate surface area is 132 Å². The maximum Gasteiger partial charge on any atom is 0.142 e. The van der Waals surface area contributed by atoms with Crippen molar-refractivity contribution in [3.05, 3.63) is 18.6 Å². The Morgan fingerprint density at radius 3 is 2.82 bits per heavy atom. The topological polar surface area (TPSA) is 56.8 Å². The van der Waals surface area contributed by atoms with Crippen molar-refractivity contribution >= 4 is 16.9 Å². The van der Waals surface area contributed by atoms with Gasteiger partial charge in [0.2, 0.25) is 0 Å². The molecular formula is C17H27N5. The van der Waals surface area contributed by atoms with Gasteiger partial charge >= 0.3 is 0 Å². The van der Waals surface area contributed by atoms with Crippen molar-refractivity contribution in [2.75, 3.05) is 25.0 Å². The lowest BCUT2D eigenvalue weighted by atomic mass is 9.90. The fourth-order valence-electron chi connectivity index (χ4n) is 3.99. The van der Waals surface area contributed by atoms with Gasteiger partial charge in [0.1, 0.15) is 17.8 Å². The molecule has 3 atom stereocenters. The molecule has 1 saturated heterocycles. The summed E-state index contributed by atoms with van der Waals surface area (Å²) in [4.78, 5) is 14.3. The number of fused-ring (bicyclic) bond motifs is 2. The summed E-state index contributed by atoms with van der Waals surface area (Å²) in [5.74, 6) is 2.81. The lowest BCUT2D eigenvalue weighted by Gasteiger charge is -2.26. The Hall–Kier alpha value is -1.62. The van der Waals surface area contributed by atoms with Gasteiger partial charge in [-0.05, 0) is 50.3 Å². The molecule has 5 nitrogen and oxygen atoms in total. The van der Waals surface area contributed by atoms with Gasteiger partial charge in [0, 0.05) is 19.3 Å². The summed E-state index contributed by atoms with van der Waals surface area (Å²) in [6.45, 7) is 6.38. The Morgan fingerprint density at radius 1 is 1.18 bits per heavy atom. The second-order valence-electron chi connectivity index (χ2n) is 6.19. The largest absolute Gasteiger partial charge is 0.356 e. The van der Waals surface area contributed by atoms with Crippen LogP contribution in [0.4, 0.5) is 5.82 Å². The number of aromatic nitrogens is 3. The third kappa shape index (κ3) is 2.70. The highest BCUT2D eigenvalue weighted by Gasteiger charge is 2.37. The molecule has 2 aliphatic rings. The summed E-state index contributed by atoms with van der Waals surface area (Å²) in [7, 11) is 2.18. The van der Waals surface area contributed by atoms with Crippen molar-refractivity contribution in [2.45, 2.75) is 39.2 Å². The molecular weight excluding hydrogens is 274 g/mol. The smallest absolute Gasteiger partial charge is 0.142 e. The number of hydrogen-bond acceptors (Lipinski definition) is 4. The van der Waals surface area contributed by atoms with Gasteiger partial charge in [-0.1, -0.05) is 13.8 Å². The highest BCUT2D eigenvalue weighted by atomic mass is 15.2. The standard InChI is InChI=1S/C15H21N5.C2H6/c1-20(12-6-10-2-4-16-8-11(10)7-12)15-13-3-5-17-14(13)18-9-19-15;1-2/h3,5,9-12,16H,2,4,6-8H2,1H3,(H,17,18,19);1-2H3. The van der Waals surface area contributed by atoms with Crippen LogP contribution in [-0.4, -0.2) is 41.1 Å². The lowest BCUT2D eigenvalue weighted by molar-refractivity contribution is 0.295. The van der Waals surface area contributed by atoms with Crippen LogP contribution in [-0.2, 0) is 0 Å². The number of anilines is 1. The maximum absolute atomic E-state index is 4.52. The Bertz CT molecular complexity index is 594. The first-order valence-electron chi connectivity index (χ1n) is 8.54. The van der Waals surface area contributed by atoms with Crippen molar-refractivity contribution in [3.63, 3.8) is 0 Å². The molecule has 2 aromatic heterocycles. The van der Waals surface area contributed by atoms with Gasteiger partial charge in [-0.25, -0.2) is 9.97 Å². The first-order valence-corrected chi connectivity index (χ1v) is 8.54. The molecule has 3 unspecified atom stereocenters.